The smallest absolute Gasteiger partial charge is 0.0218 e. The first-order valence-corrected chi connectivity index (χ1v) is 6.99. The van der Waals surface area contributed by atoms with E-state index in [1.54, 1.807) is 0 Å². The Balaban J connectivity index is 2.06. The zero-order valence-corrected chi connectivity index (χ0v) is 11.5. The molecule has 82 valence electrons. The maximum atomic E-state index is 3.63. The molecule has 1 nitrogen and oxygen atoms in total. The number of nitrogens with one attached hydrogen (secondary N) is 1. The van der Waals surface area contributed by atoms with Crippen LogP contribution in [0.3, 0.4) is 0 Å². The Hall–Kier alpha value is 0.01000. The van der Waals surface area contributed by atoms with Crippen molar-refractivity contribution in [1.29, 1.82) is 0 Å². The summed E-state index contributed by atoms with van der Waals surface area (Å²) in [6, 6.07) is 7.10. The van der Waals surface area contributed by atoms with Crippen LogP contribution in [0.25, 0.3) is 0 Å². The standard InChI is InChI=1S/C12H16BrNS/c1-8(14-2)6-9-7-10-11(13)4-3-5-12(10)15-9/h3-5,8-9,14H,6-7H2,1-2H3. The van der Waals surface area contributed by atoms with Crippen LogP contribution >= 0.6 is 27.7 Å². The lowest BCUT2D eigenvalue weighted by Crippen LogP contribution is -2.25. The molecule has 0 saturated heterocycles. The molecule has 2 unspecified atom stereocenters. The van der Waals surface area contributed by atoms with Gasteiger partial charge in [-0.3, -0.25) is 0 Å². The highest BCUT2D eigenvalue weighted by molar-refractivity contribution is 9.10. The van der Waals surface area contributed by atoms with E-state index in [9.17, 15) is 0 Å². The third-order valence-corrected chi connectivity index (χ3v) is 4.98. The summed E-state index contributed by atoms with van der Waals surface area (Å²) in [6.45, 7) is 2.25. The van der Waals surface area contributed by atoms with E-state index < -0.39 is 0 Å². The van der Waals surface area contributed by atoms with Crippen LogP contribution in [0, 0.1) is 0 Å². The van der Waals surface area contributed by atoms with Crippen molar-refractivity contribution in [1.82, 2.24) is 5.32 Å². The van der Waals surface area contributed by atoms with Gasteiger partial charge in [0.25, 0.3) is 0 Å². The van der Waals surface area contributed by atoms with Gasteiger partial charge in [-0.1, -0.05) is 22.0 Å². The van der Waals surface area contributed by atoms with Gasteiger partial charge in [-0.2, -0.15) is 0 Å². The number of benzene rings is 1. The number of rotatable bonds is 3. The van der Waals surface area contributed by atoms with E-state index in [1.165, 1.54) is 27.8 Å². The van der Waals surface area contributed by atoms with Crippen molar-refractivity contribution in [3.63, 3.8) is 0 Å². The van der Waals surface area contributed by atoms with Gasteiger partial charge in [0.2, 0.25) is 0 Å². The Bertz CT molecular complexity index is 353. The number of fused-ring (bicyclic) bond motifs is 1. The molecule has 2 atom stereocenters. The van der Waals surface area contributed by atoms with E-state index in [4.69, 9.17) is 0 Å². The van der Waals surface area contributed by atoms with Gasteiger partial charge in [0, 0.05) is 20.7 Å². The van der Waals surface area contributed by atoms with Crippen molar-refractivity contribution in [2.45, 2.75) is 36.0 Å². The average molecular weight is 286 g/mol. The van der Waals surface area contributed by atoms with Gasteiger partial charge >= 0.3 is 0 Å². The summed E-state index contributed by atoms with van der Waals surface area (Å²) in [7, 11) is 2.04. The zero-order valence-electron chi connectivity index (χ0n) is 9.09. The minimum Gasteiger partial charge on any atom is -0.317 e. The SMILES string of the molecule is CNC(C)CC1Cc2c(Br)cccc2S1. The summed E-state index contributed by atoms with van der Waals surface area (Å²) in [4.78, 5) is 1.46. The van der Waals surface area contributed by atoms with Gasteiger partial charge in [-0.05, 0) is 44.5 Å². The molecule has 3 heteroatoms. The van der Waals surface area contributed by atoms with Crippen LogP contribution in [0.5, 0.6) is 0 Å². The fourth-order valence-electron chi connectivity index (χ4n) is 1.94. The Morgan fingerprint density at radius 2 is 2.40 bits per heavy atom. The minimum absolute atomic E-state index is 0.607. The molecule has 1 aromatic carbocycles. The molecule has 1 N–H and O–H groups in total. The van der Waals surface area contributed by atoms with E-state index in [0.29, 0.717) is 6.04 Å². The first kappa shape index (κ1) is 11.5. The first-order chi connectivity index (χ1) is 7.20. The number of hydrogen-bond acceptors (Lipinski definition) is 2. The molecule has 0 amide bonds. The monoisotopic (exact) mass is 285 g/mol. The van der Waals surface area contributed by atoms with Crippen molar-refractivity contribution >= 4 is 27.7 Å². The Morgan fingerprint density at radius 3 is 3.07 bits per heavy atom. The minimum atomic E-state index is 0.607. The molecule has 1 aromatic rings. The van der Waals surface area contributed by atoms with Gasteiger partial charge in [0.1, 0.15) is 0 Å². The van der Waals surface area contributed by atoms with Crippen molar-refractivity contribution in [2.24, 2.45) is 0 Å². The summed E-state index contributed by atoms with van der Waals surface area (Å²) in [5.41, 5.74) is 1.50. The lowest BCUT2D eigenvalue weighted by Gasteiger charge is -2.14. The third-order valence-electron chi connectivity index (χ3n) is 2.91. The van der Waals surface area contributed by atoms with Crippen LogP contribution in [0.1, 0.15) is 18.9 Å². The molecule has 1 aliphatic rings. The fourth-order valence-corrected chi connectivity index (χ4v) is 4.09. The molecule has 0 spiro atoms. The molecule has 0 fully saturated rings. The molecule has 0 aliphatic carbocycles. The van der Waals surface area contributed by atoms with Gasteiger partial charge in [0.15, 0.2) is 0 Å². The summed E-state index contributed by atoms with van der Waals surface area (Å²) in [6.07, 6.45) is 2.44. The van der Waals surface area contributed by atoms with Crippen molar-refractivity contribution < 1.29 is 0 Å². The second-order valence-electron chi connectivity index (χ2n) is 4.09. The molecule has 15 heavy (non-hydrogen) atoms. The predicted octanol–water partition coefficient (Wildman–Crippen LogP) is 3.46. The Kier molecular flexibility index (Phi) is 3.75. The van der Waals surface area contributed by atoms with E-state index in [0.717, 1.165) is 5.25 Å². The maximum absolute atomic E-state index is 3.63. The van der Waals surface area contributed by atoms with Crippen molar-refractivity contribution in [3.05, 3.63) is 28.2 Å². The highest BCUT2D eigenvalue weighted by Gasteiger charge is 2.24. The molecule has 1 aliphatic heterocycles. The summed E-state index contributed by atoms with van der Waals surface area (Å²) in [5.74, 6) is 0. The Labute approximate surface area is 104 Å². The fraction of sp³-hybridized carbons (Fsp3) is 0.500. The number of thioether (sulfide) groups is 1. The van der Waals surface area contributed by atoms with Crippen LogP contribution in [-0.2, 0) is 6.42 Å². The van der Waals surface area contributed by atoms with Crippen molar-refractivity contribution in [2.75, 3.05) is 7.05 Å². The molecule has 1 heterocycles. The molecule has 0 saturated carbocycles. The largest absolute Gasteiger partial charge is 0.317 e. The van der Waals surface area contributed by atoms with E-state index in [1.807, 2.05) is 18.8 Å². The predicted molar refractivity (Wildman–Crippen MR) is 70.6 cm³/mol. The average Bonchev–Trinajstić information content (AvgIpc) is 2.62. The molecular formula is C12H16BrNS. The van der Waals surface area contributed by atoms with E-state index in [2.05, 4.69) is 46.4 Å². The van der Waals surface area contributed by atoms with Crippen LogP contribution in [0.15, 0.2) is 27.6 Å². The van der Waals surface area contributed by atoms with Crippen LogP contribution in [0.2, 0.25) is 0 Å². The van der Waals surface area contributed by atoms with Crippen molar-refractivity contribution in [3.8, 4) is 0 Å². The summed E-state index contributed by atoms with van der Waals surface area (Å²) < 4.78 is 1.27. The van der Waals surface area contributed by atoms with E-state index in [-0.39, 0.29) is 0 Å². The lowest BCUT2D eigenvalue weighted by molar-refractivity contribution is 0.553. The maximum Gasteiger partial charge on any atom is 0.0218 e. The lowest BCUT2D eigenvalue weighted by atomic mass is 10.1. The van der Waals surface area contributed by atoms with Gasteiger partial charge < -0.3 is 5.32 Å². The topological polar surface area (TPSA) is 12.0 Å². The van der Waals surface area contributed by atoms with Crippen LogP contribution < -0.4 is 5.32 Å². The summed E-state index contributed by atoms with van der Waals surface area (Å²) >= 11 is 5.65. The molecule has 0 bridgehead atoms. The highest BCUT2D eigenvalue weighted by atomic mass is 79.9. The van der Waals surface area contributed by atoms with Crippen LogP contribution in [-0.4, -0.2) is 18.3 Å². The van der Waals surface area contributed by atoms with E-state index >= 15 is 0 Å². The molecular weight excluding hydrogens is 270 g/mol. The molecule has 0 radical (unpaired) electrons. The Morgan fingerprint density at radius 1 is 1.60 bits per heavy atom. The van der Waals surface area contributed by atoms with Gasteiger partial charge in [-0.15, -0.1) is 11.8 Å². The summed E-state index contributed by atoms with van der Waals surface area (Å²) in [5, 5.41) is 4.05. The number of hydrogen-bond donors (Lipinski definition) is 1. The molecule has 0 aromatic heterocycles. The number of halogens is 1. The second-order valence-corrected chi connectivity index (χ2v) is 6.28. The zero-order chi connectivity index (χ0) is 10.8. The third kappa shape index (κ3) is 2.58. The second kappa shape index (κ2) is 4.89. The van der Waals surface area contributed by atoms with Gasteiger partial charge in [0.05, 0.1) is 0 Å². The normalized spacial score (nSPS) is 21.4. The quantitative estimate of drug-likeness (QED) is 0.913. The van der Waals surface area contributed by atoms with Crippen LogP contribution in [0.4, 0.5) is 0 Å². The highest BCUT2D eigenvalue weighted by Crippen LogP contribution is 2.41. The first-order valence-electron chi connectivity index (χ1n) is 5.32. The molecule has 2 rings (SSSR count). The van der Waals surface area contributed by atoms with Gasteiger partial charge in [-0.25, -0.2) is 0 Å².